The monoisotopic (exact) mass is 424 g/mol. The summed E-state index contributed by atoms with van der Waals surface area (Å²) in [6, 6.07) is 7.33. The van der Waals surface area contributed by atoms with Crippen molar-refractivity contribution in [2.45, 2.75) is 49.3 Å². The van der Waals surface area contributed by atoms with E-state index in [9.17, 15) is 8.42 Å². The first kappa shape index (κ1) is 21.5. The Kier molecular flexibility index (Phi) is 6.94. The summed E-state index contributed by atoms with van der Waals surface area (Å²) in [5.41, 5.74) is 0.792. The fraction of sp³-hybridized carbons (Fsp3) is 0.650. The first-order valence-electron chi connectivity index (χ1n) is 10.0. The first-order chi connectivity index (χ1) is 13.3. The molecule has 2 aliphatic heterocycles. The third-order valence-corrected chi connectivity index (χ3v) is 8.58. The number of guanidine groups is 1. The van der Waals surface area contributed by atoms with Crippen molar-refractivity contribution < 1.29 is 8.42 Å². The molecule has 0 aromatic heterocycles. The normalized spacial score (nSPS) is 21.5. The molecule has 2 fully saturated rings. The molecule has 2 aliphatic rings. The number of hydrogen-bond donors (Lipinski definition) is 1. The topological polar surface area (TPSA) is 65.0 Å². The van der Waals surface area contributed by atoms with E-state index in [1.807, 2.05) is 23.9 Å². The minimum absolute atomic E-state index is 0.186. The summed E-state index contributed by atoms with van der Waals surface area (Å²) in [6.07, 6.45) is 2.99. The fourth-order valence-electron chi connectivity index (χ4n) is 3.85. The van der Waals surface area contributed by atoms with Gasteiger partial charge in [0.05, 0.1) is 4.90 Å². The fourth-order valence-corrected chi connectivity index (χ4v) is 6.70. The third-order valence-electron chi connectivity index (χ3n) is 5.28. The van der Waals surface area contributed by atoms with Crippen LogP contribution in [0.1, 0.15) is 38.7 Å². The van der Waals surface area contributed by atoms with Gasteiger partial charge in [0, 0.05) is 50.3 Å². The van der Waals surface area contributed by atoms with Crippen molar-refractivity contribution in [3.63, 3.8) is 0 Å². The lowest BCUT2D eigenvalue weighted by atomic mass is 10.2. The highest BCUT2D eigenvalue weighted by molar-refractivity contribution is 8.00. The van der Waals surface area contributed by atoms with Crippen LogP contribution in [0.2, 0.25) is 0 Å². The molecule has 0 aliphatic carbocycles. The van der Waals surface area contributed by atoms with Crippen molar-refractivity contribution in [2.75, 3.05) is 39.0 Å². The molecule has 0 saturated carbocycles. The highest BCUT2D eigenvalue weighted by atomic mass is 32.2. The maximum Gasteiger partial charge on any atom is 0.243 e. The molecule has 28 heavy (non-hydrogen) atoms. The van der Waals surface area contributed by atoms with Crippen LogP contribution in [-0.2, 0) is 16.6 Å². The van der Waals surface area contributed by atoms with Gasteiger partial charge in [0.25, 0.3) is 0 Å². The molecule has 0 spiro atoms. The van der Waals surface area contributed by atoms with E-state index in [0.717, 1.165) is 49.6 Å². The van der Waals surface area contributed by atoms with Crippen LogP contribution in [0, 0.1) is 0 Å². The molecular weight excluding hydrogens is 392 g/mol. The van der Waals surface area contributed by atoms with Crippen molar-refractivity contribution in [3.8, 4) is 0 Å². The Bertz CT molecular complexity index is 802. The van der Waals surface area contributed by atoms with E-state index in [-0.39, 0.29) is 4.75 Å². The minimum Gasteiger partial charge on any atom is -0.352 e. The van der Waals surface area contributed by atoms with E-state index in [1.54, 1.807) is 23.5 Å². The molecule has 0 bridgehead atoms. The van der Waals surface area contributed by atoms with Gasteiger partial charge in [0.2, 0.25) is 10.0 Å². The summed E-state index contributed by atoms with van der Waals surface area (Å²) in [5, 5.41) is 3.39. The molecule has 0 radical (unpaired) electrons. The molecule has 0 amide bonds. The predicted octanol–water partition coefficient (Wildman–Crippen LogP) is 2.76. The van der Waals surface area contributed by atoms with Gasteiger partial charge in [-0.3, -0.25) is 4.99 Å². The summed E-state index contributed by atoms with van der Waals surface area (Å²) in [6.45, 7) is 8.04. The van der Waals surface area contributed by atoms with Gasteiger partial charge in [-0.1, -0.05) is 24.6 Å². The zero-order valence-corrected chi connectivity index (χ0v) is 18.8. The SMILES string of the molecule is CN=C(NCc1ccccc1S(=O)(=O)N1CCCCC1)N1CCSC(C)(C)C1. The van der Waals surface area contributed by atoms with Crippen LogP contribution >= 0.6 is 11.8 Å². The highest BCUT2D eigenvalue weighted by Gasteiger charge is 2.30. The molecule has 6 nitrogen and oxygen atoms in total. The van der Waals surface area contributed by atoms with E-state index in [1.165, 1.54) is 0 Å². The molecular formula is C20H32N4O2S2. The summed E-state index contributed by atoms with van der Waals surface area (Å²) in [7, 11) is -1.67. The molecule has 0 unspecified atom stereocenters. The Morgan fingerprint density at radius 3 is 2.57 bits per heavy atom. The maximum atomic E-state index is 13.2. The Hall–Kier alpha value is -1.25. The summed E-state index contributed by atoms with van der Waals surface area (Å²) < 4.78 is 28.1. The molecule has 2 heterocycles. The van der Waals surface area contributed by atoms with Crippen molar-refractivity contribution in [2.24, 2.45) is 4.99 Å². The van der Waals surface area contributed by atoms with Crippen LogP contribution in [0.3, 0.4) is 0 Å². The van der Waals surface area contributed by atoms with Gasteiger partial charge in [-0.25, -0.2) is 8.42 Å². The Morgan fingerprint density at radius 2 is 1.89 bits per heavy atom. The van der Waals surface area contributed by atoms with Gasteiger partial charge >= 0.3 is 0 Å². The van der Waals surface area contributed by atoms with Gasteiger partial charge in [0.15, 0.2) is 5.96 Å². The molecule has 1 N–H and O–H groups in total. The number of benzene rings is 1. The predicted molar refractivity (Wildman–Crippen MR) is 117 cm³/mol. The van der Waals surface area contributed by atoms with Crippen molar-refractivity contribution in [1.29, 1.82) is 0 Å². The van der Waals surface area contributed by atoms with Crippen LogP contribution in [0.5, 0.6) is 0 Å². The number of nitrogens with one attached hydrogen (secondary N) is 1. The number of nitrogens with zero attached hydrogens (tertiary/aromatic N) is 3. The highest BCUT2D eigenvalue weighted by Crippen LogP contribution is 2.29. The van der Waals surface area contributed by atoms with Crippen LogP contribution in [-0.4, -0.2) is 67.3 Å². The molecule has 2 saturated heterocycles. The van der Waals surface area contributed by atoms with E-state index >= 15 is 0 Å². The molecule has 8 heteroatoms. The third kappa shape index (κ3) is 5.02. The van der Waals surface area contributed by atoms with Crippen LogP contribution in [0.4, 0.5) is 0 Å². The second kappa shape index (κ2) is 9.05. The van der Waals surface area contributed by atoms with Crippen LogP contribution in [0.25, 0.3) is 0 Å². The van der Waals surface area contributed by atoms with Crippen molar-refractivity contribution in [3.05, 3.63) is 29.8 Å². The average Bonchev–Trinajstić information content (AvgIpc) is 2.69. The number of aliphatic imine (C=N–C) groups is 1. The van der Waals surface area contributed by atoms with Gasteiger partial charge in [0.1, 0.15) is 0 Å². The number of thioether (sulfide) groups is 1. The van der Waals surface area contributed by atoms with Crippen LogP contribution in [0.15, 0.2) is 34.2 Å². The largest absolute Gasteiger partial charge is 0.352 e. The number of hydrogen-bond acceptors (Lipinski definition) is 4. The second-order valence-electron chi connectivity index (χ2n) is 8.00. The lowest BCUT2D eigenvalue weighted by molar-refractivity contribution is 0.346. The van der Waals surface area contributed by atoms with E-state index < -0.39 is 10.0 Å². The van der Waals surface area contributed by atoms with E-state index in [0.29, 0.717) is 24.5 Å². The van der Waals surface area contributed by atoms with Crippen molar-refractivity contribution >= 4 is 27.7 Å². The molecule has 156 valence electrons. The van der Waals surface area contributed by atoms with E-state index in [4.69, 9.17) is 0 Å². The Balaban J connectivity index is 1.74. The Morgan fingerprint density at radius 1 is 1.18 bits per heavy atom. The molecule has 1 aromatic rings. The van der Waals surface area contributed by atoms with Gasteiger partial charge in [-0.2, -0.15) is 16.1 Å². The van der Waals surface area contributed by atoms with E-state index in [2.05, 4.69) is 29.1 Å². The smallest absolute Gasteiger partial charge is 0.243 e. The van der Waals surface area contributed by atoms with Gasteiger partial charge in [-0.05, 0) is 38.3 Å². The lowest BCUT2D eigenvalue weighted by Crippen LogP contribution is -2.50. The van der Waals surface area contributed by atoms with Gasteiger partial charge in [-0.15, -0.1) is 0 Å². The zero-order chi connectivity index (χ0) is 20.2. The zero-order valence-electron chi connectivity index (χ0n) is 17.1. The number of rotatable bonds is 4. The average molecular weight is 425 g/mol. The summed E-state index contributed by atoms with van der Waals surface area (Å²) in [5.74, 6) is 1.90. The standard InChI is InChI=1S/C20H32N4O2S2/c1-20(2)16-23(13-14-27-20)19(21-3)22-15-17-9-5-6-10-18(17)28(25,26)24-11-7-4-8-12-24/h5-6,9-10H,4,7-8,11-16H2,1-3H3,(H,21,22). The van der Waals surface area contributed by atoms with Crippen molar-refractivity contribution in [1.82, 2.24) is 14.5 Å². The number of sulfonamides is 1. The minimum atomic E-state index is -3.45. The second-order valence-corrected chi connectivity index (χ2v) is 11.7. The molecule has 1 aromatic carbocycles. The molecule has 0 atom stereocenters. The summed E-state index contributed by atoms with van der Waals surface area (Å²) >= 11 is 1.98. The summed E-state index contributed by atoms with van der Waals surface area (Å²) in [4.78, 5) is 7.11. The van der Waals surface area contributed by atoms with Gasteiger partial charge < -0.3 is 10.2 Å². The molecule has 3 rings (SSSR count). The number of piperidine rings is 1. The Labute approximate surface area is 173 Å². The van der Waals surface area contributed by atoms with Crippen LogP contribution < -0.4 is 5.32 Å². The first-order valence-corrected chi connectivity index (χ1v) is 12.4. The maximum absolute atomic E-state index is 13.2. The lowest BCUT2D eigenvalue weighted by Gasteiger charge is -2.39. The quantitative estimate of drug-likeness (QED) is 0.595.